The highest BCUT2D eigenvalue weighted by atomic mass is 16.6. The van der Waals surface area contributed by atoms with Crippen LogP contribution >= 0.6 is 0 Å². The van der Waals surface area contributed by atoms with Gasteiger partial charge in [-0.2, -0.15) is 0 Å². The lowest BCUT2D eigenvalue weighted by molar-refractivity contribution is -0.124. The van der Waals surface area contributed by atoms with E-state index in [1.54, 1.807) is 43.5 Å². The average molecular weight is 418 g/mol. The van der Waals surface area contributed by atoms with Crippen molar-refractivity contribution in [2.45, 2.75) is 19.8 Å². The predicted molar refractivity (Wildman–Crippen MR) is 111 cm³/mol. The molecule has 2 heterocycles. The third-order valence-electron chi connectivity index (χ3n) is 6.28. The van der Waals surface area contributed by atoms with Crippen LogP contribution in [0.2, 0.25) is 0 Å². The molecule has 2 aromatic heterocycles. The van der Waals surface area contributed by atoms with E-state index in [0.717, 1.165) is 12.8 Å². The molecule has 3 aliphatic rings. The van der Waals surface area contributed by atoms with Crippen molar-refractivity contribution in [3.8, 4) is 11.6 Å². The van der Waals surface area contributed by atoms with Gasteiger partial charge >= 0.3 is 0 Å². The Morgan fingerprint density at radius 1 is 1.16 bits per heavy atom. The predicted octanol–water partition coefficient (Wildman–Crippen LogP) is 3.56. The lowest BCUT2D eigenvalue weighted by Gasteiger charge is -2.43. The molecule has 4 atom stereocenters. The number of nitrogens with one attached hydrogen (secondary N) is 1. The Morgan fingerprint density at radius 3 is 2.87 bits per heavy atom. The van der Waals surface area contributed by atoms with Crippen LogP contribution in [0.3, 0.4) is 0 Å². The molecule has 8 heteroatoms. The van der Waals surface area contributed by atoms with Gasteiger partial charge in [0.2, 0.25) is 5.88 Å². The van der Waals surface area contributed by atoms with Crippen LogP contribution in [-0.2, 0) is 4.79 Å². The van der Waals surface area contributed by atoms with Crippen molar-refractivity contribution in [1.29, 1.82) is 0 Å². The van der Waals surface area contributed by atoms with Crippen LogP contribution in [-0.4, -0.2) is 33.5 Å². The number of allylic oxidation sites excluding steroid dienone is 2. The first kappa shape index (κ1) is 19.4. The maximum atomic E-state index is 12.9. The van der Waals surface area contributed by atoms with Gasteiger partial charge in [-0.3, -0.25) is 9.59 Å². The van der Waals surface area contributed by atoms with Crippen molar-refractivity contribution in [2.75, 3.05) is 6.54 Å². The summed E-state index contributed by atoms with van der Waals surface area (Å²) >= 11 is 0. The zero-order chi connectivity index (χ0) is 21.4. The highest BCUT2D eigenvalue weighted by Gasteiger charge is 2.41. The highest BCUT2D eigenvalue weighted by molar-refractivity contribution is 5.96. The molecular formula is C23H22N4O4. The largest absolute Gasteiger partial charge is 0.438 e. The summed E-state index contributed by atoms with van der Waals surface area (Å²) in [5, 5.41) is 10.6. The van der Waals surface area contributed by atoms with Crippen molar-refractivity contribution in [1.82, 2.24) is 20.6 Å². The van der Waals surface area contributed by atoms with Gasteiger partial charge < -0.3 is 10.1 Å². The molecule has 0 radical (unpaired) electrons. The van der Waals surface area contributed by atoms with Crippen LogP contribution in [0.4, 0.5) is 0 Å². The molecule has 1 N–H and O–H groups in total. The van der Waals surface area contributed by atoms with Crippen LogP contribution in [0.25, 0.3) is 11.0 Å². The number of benzene rings is 1. The fraction of sp³-hybridized carbons (Fsp3) is 0.348. The van der Waals surface area contributed by atoms with Gasteiger partial charge in [-0.05, 0) is 72.1 Å². The van der Waals surface area contributed by atoms with Gasteiger partial charge in [-0.25, -0.2) is 9.61 Å². The van der Waals surface area contributed by atoms with Gasteiger partial charge in [-0.15, -0.1) is 0 Å². The number of ketones is 1. The number of hydrogen-bond donors (Lipinski definition) is 1. The molecule has 4 unspecified atom stereocenters. The first-order chi connectivity index (χ1) is 15.1. The summed E-state index contributed by atoms with van der Waals surface area (Å²) < 4.78 is 10.6. The number of aromatic nitrogens is 3. The number of carbonyl (C=O) groups is 2. The molecule has 0 saturated heterocycles. The van der Waals surface area contributed by atoms with E-state index in [-0.39, 0.29) is 35.3 Å². The smallest absolute Gasteiger partial charge is 0.256 e. The lowest BCUT2D eigenvalue weighted by Crippen LogP contribution is -2.43. The highest BCUT2D eigenvalue weighted by Crippen LogP contribution is 2.44. The Hall–Kier alpha value is -3.55. The molecule has 0 aliphatic heterocycles. The molecule has 3 aromatic rings. The number of rotatable bonds is 6. The van der Waals surface area contributed by atoms with E-state index < -0.39 is 0 Å². The SMILES string of the molecule is CC(=O)C1CC2C=CC1C(CNC(=O)c1cccnc1Oc1ccc3nonc3c1)C2. The second-order valence-electron chi connectivity index (χ2n) is 8.25. The number of fused-ring (bicyclic) bond motifs is 3. The van der Waals surface area contributed by atoms with E-state index in [1.165, 1.54) is 0 Å². The summed E-state index contributed by atoms with van der Waals surface area (Å²) in [5.41, 5.74) is 1.52. The Balaban J connectivity index is 1.29. The minimum Gasteiger partial charge on any atom is -0.438 e. The number of nitrogens with zero attached hydrogens (tertiary/aromatic N) is 3. The van der Waals surface area contributed by atoms with Crippen LogP contribution in [0, 0.1) is 23.7 Å². The van der Waals surface area contributed by atoms with E-state index in [2.05, 4.69) is 32.8 Å². The van der Waals surface area contributed by atoms with E-state index in [0.29, 0.717) is 34.8 Å². The summed E-state index contributed by atoms with van der Waals surface area (Å²) in [6.07, 6.45) is 7.87. The minimum absolute atomic E-state index is 0.0591. The summed E-state index contributed by atoms with van der Waals surface area (Å²) in [6, 6.07) is 8.49. The van der Waals surface area contributed by atoms with Crippen molar-refractivity contribution in [2.24, 2.45) is 23.7 Å². The third kappa shape index (κ3) is 3.81. The van der Waals surface area contributed by atoms with Crippen molar-refractivity contribution >= 4 is 22.7 Å². The van der Waals surface area contributed by atoms with Gasteiger partial charge in [0.1, 0.15) is 28.1 Å². The summed E-state index contributed by atoms with van der Waals surface area (Å²) in [4.78, 5) is 29.2. The van der Waals surface area contributed by atoms with Gasteiger partial charge in [0.25, 0.3) is 5.91 Å². The Labute approximate surface area is 178 Å². The Bertz CT molecular complexity index is 1170. The molecule has 1 fully saturated rings. The monoisotopic (exact) mass is 418 g/mol. The van der Waals surface area contributed by atoms with E-state index in [9.17, 15) is 9.59 Å². The Kier molecular flexibility index (Phi) is 4.97. The van der Waals surface area contributed by atoms with Crippen LogP contribution < -0.4 is 10.1 Å². The summed E-state index contributed by atoms with van der Waals surface area (Å²) in [5.74, 6) is 1.59. The summed E-state index contributed by atoms with van der Waals surface area (Å²) in [7, 11) is 0. The minimum atomic E-state index is -0.253. The topological polar surface area (TPSA) is 107 Å². The van der Waals surface area contributed by atoms with Crippen molar-refractivity contribution < 1.29 is 19.0 Å². The second-order valence-corrected chi connectivity index (χ2v) is 8.25. The number of carbonyl (C=O) groups excluding carboxylic acids is 2. The van der Waals surface area contributed by atoms with E-state index in [1.807, 2.05) is 0 Å². The second kappa shape index (κ2) is 7.94. The Morgan fingerprint density at radius 2 is 2.03 bits per heavy atom. The van der Waals surface area contributed by atoms with Crippen molar-refractivity contribution in [3.63, 3.8) is 0 Å². The number of ether oxygens (including phenoxy) is 1. The zero-order valence-corrected chi connectivity index (χ0v) is 17.0. The van der Waals surface area contributed by atoms with Gasteiger partial charge in [0, 0.05) is 24.7 Å². The molecule has 158 valence electrons. The van der Waals surface area contributed by atoms with Gasteiger partial charge in [0.05, 0.1) is 0 Å². The average Bonchev–Trinajstić information content (AvgIpc) is 3.26. The number of hydrogen-bond acceptors (Lipinski definition) is 7. The zero-order valence-electron chi connectivity index (χ0n) is 17.0. The molecular weight excluding hydrogens is 396 g/mol. The first-order valence-electron chi connectivity index (χ1n) is 10.4. The quantitative estimate of drug-likeness (QED) is 0.610. The molecule has 1 aromatic carbocycles. The van der Waals surface area contributed by atoms with Gasteiger partial charge in [0.15, 0.2) is 0 Å². The van der Waals surface area contributed by atoms with Crippen molar-refractivity contribution in [3.05, 3.63) is 54.2 Å². The van der Waals surface area contributed by atoms with Crippen LogP contribution in [0.1, 0.15) is 30.1 Å². The number of amides is 1. The summed E-state index contributed by atoms with van der Waals surface area (Å²) in [6.45, 7) is 2.18. The van der Waals surface area contributed by atoms with Crippen LogP contribution in [0.15, 0.2) is 53.3 Å². The molecule has 0 spiro atoms. The first-order valence-corrected chi connectivity index (χ1v) is 10.4. The van der Waals surface area contributed by atoms with E-state index >= 15 is 0 Å². The maximum absolute atomic E-state index is 12.9. The third-order valence-corrected chi connectivity index (χ3v) is 6.28. The normalized spacial score (nSPS) is 24.3. The molecule has 1 saturated carbocycles. The number of Topliss-reactive ketones (excluding diaryl/α,β-unsaturated/α-hetero) is 1. The molecule has 2 bridgehead atoms. The molecule has 31 heavy (non-hydrogen) atoms. The lowest BCUT2D eigenvalue weighted by atomic mass is 9.62. The molecule has 6 rings (SSSR count). The molecule has 1 amide bonds. The van der Waals surface area contributed by atoms with Crippen LogP contribution in [0.5, 0.6) is 11.6 Å². The number of pyridine rings is 1. The molecule has 3 aliphatic carbocycles. The molecule has 8 nitrogen and oxygen atoms in total. The standard InChI is InChI=1S/C23H22N4O4/c1-13(28)19-10-14-4-6-17(19)15(9-14)12-25-22(29)18-3-2-8-24-23(18)30-16-5-7-20-21(11-16)27-31-26-20/h2-8,11,14-15,17,19H,9-10,12H2,1H3,(H,25,29). The fourth-order valence-corrected chi connectivity index (χ4v) is 4.75. The maximum Gasteiger partial charge on any atom is 0.256 e. The fourth-order valence-electron chi connectivity index (χ4n) is 4.75. The van der Waals surface area contributed by atoms with Gasteiger partial charge in [-0.1, -0.05) is 12.2 Å². The van der Waals surface area contributed by atoms with E-state index in [4.69, 9.17) is 9.37 Å².